The average molecular weight is 82.1 g/mol. The molecule has 0 heterocycles. The highest BCUT2D eigenvalue weighted by Crippen LogP contribution is 1.99. The van der Waals surface area contributed by atoms with Gasteiger partial charge in [-0.2, -0.15) is 0 Å². The van der Waals surface area contributed by atoms with Crippen molar-refractivity contribution < 1.29 is 0 Å². The van der Waals surface area contributed by atoms with Gasteiger partial charge < -0.3 is 0 Å². The number of hydrogen-bond acceptors (Lipinski definition) is 0. The average Bonchev–Trinajstić information content (AvgIpc) is 1.35. The van der Waals surface area contributed by atoms with E-state index in [0.29, 0.717) is 0 Å². The highest BCUT2D eigenvalue weighted by Gasteiger charge is 1.83. The molecule has 0 aromatic rings. The first kappa shape index (κ1) is 5.74. The Bertz CT molecular complexity index is 35.3. The summed E-state index contributed by atoms with van der Waals surface area (Å²) in [5.74, 6) is 1.36. The maximum absolute atomic E-state index is 5.08. The summed E-state index contributed by atoms with van der Waals surface area (Å²) in [6.45, 7) is 9.20. The molecular formula is C6H10. The van der Waals surface area contributed by atoms with Gasteiger partial charge in [-0.3, -0.25) is 0 Å². The van der Waals surface area contributed by atoms with Crippen LogP contribution >= 0.6 is 0 Å². The minimum Gasteiger partial charge on any atom is -0.0840 e. The molecule has 0 N–H and O–H groups in total. The Morgan fingerprint density at radius 2 is 2.17 bits per heavy atom. The van der Waals surface area contributed by atoms with Gasteiger partial charge in [0.1, 0.15) is 0 Å². The van der Waals surface area contributed by atoms with Gasteiger partial charge in [-0.1, -0.05) is 26.5 Å². The van der Waals surface area contributed by atoms with Crippen LogP contribution in [0.15, 0.2) is 6.08 Å². The van der Waals surface area contributed by atoms with E-state index < -0.39 is 0 Å². The van der Waals surface area contributed by atoms with E-state index in [-0.39, 0.29) is 0 Å². The van der Waals surface area contributed by atoms with E-state index in [4.69, 9.17) is 6.58 Å². The second-order valence-corrected chi connectivity index (χ2v) is 1.65. The molecular weight excluding hydrogens is 72.1 g/mol. The van der Waals surface area contributed by atoms with Crippen LogP contribution in [-0.4, -0.2) is 0 Å². The molecule has 0 amide bonds. The van der Waals surface area contributed by atoms with Gasteiger partial charge in [0.05, 0.1) is 0 Å². The summed E-state index contributed by atoms with van der Waals surface area (Å²) in [4.78, 5) is 0. The van der Waals surface area contributed by atoms with Crippen molar-refractivity contribution in [3.05, 3.63) is 18.6 Å². The Balaban J connectivity index is 2.81. The molecule has 0 spiro atoms. The first-order valence-corrected chi connectivity index (χ1v) is 2.10. The summed E-state index contributed by atoms with van der Waals surface area (Å²) in [6, 6.07) is 0. The number of rotatable bonds is 2. The first-order valence-electron chi connectivity index (χ1n) is 2.10. The molecule has 0 saturated carbocycles. The summed E-state index contributed by atoms with van der Waals surface area (Å²) < 4.78 is 0. The van der Waals surface area contributed by atoms with E-state index >= 15 is 0 Å². The minimum absolute atomic E-state index is 0.944. The third kappa shape index (κ3) is 3.74. The lowest BCUT2D eigenvalue weighted by atomic mass is 10.1. The zero-order valence-corrected chi connectivity index (χ0v) is 4.36. The molecule has 0 aromatic carbocycles. The monoisotopic (exact) mass is 82.1 g/mol. The fraction of sp³-hybridized carbons (Fsp3) is 0.500. The SMILES string of the molecule is [CH]=CC[C](C)C. The summed E-state index contributed by atoms with van der Waals surface area (Å²) in [5.41, 5.74) is 0. The lowest BCUT2D eigenvalue weighted by Gasteiger charge is -1.91. The van der Waals surface area contributed by atoms with Gasteiger partial charge in [-0.15, -0.1) is 0 Å². The van der Waals surface area contributed by atoms with Crippen LogP contribution in [0.5, 0.6) is 0 Å². The Labute approximate surface area is 39.9 Å². The van der Waals surface area contributed by atoms with E-state index in [0.717, 1.165) is 6.42 Å². The van der Waals surface area contributed by atoms with Gasteiger partial charge >= 0.3 is 0 Å². The van der Waals surface area contributed by atoms with Crippen LogP contribution in [0.2, 0.25) is 0 Å². The van der Waals surface area contributed by atoms with Crippen molar-refractivity contribution in [2.45, 2.75) is 20.3 Å². The van der Waals surface area contributed by atoms with Crippen molar-refractivity contribution in [1.29, 1.82) is 0 Å². The third-order valence-electron chi connectivity index (χ3n) is 0.526. The minimum atomic E-state index is 0.944. The predicted molar refractivity (Wildman–Crippen MR) is 28.1 cm³/mol. The topological polar surface area (TPSA) is 0 Å². The van der Waals surface area contributed by atoms with Crippen molar-refractivity contribution in [2.75, 3.05) is 0 Å². The first-order chi connectivity index (χ1) is 2.77. The highest BCUT2D eigenvalue weighted by molar-refractivity contribution is 4.84. The lowest BCUT2D eigenvalue weighted by molar-refractivity contribution is 0.992. The smallest absolute Gasteiger partial charge is 0.0265 e. The number of hydrogen-bond donors (Lipinski definition) is 0. The molecule has 0 rings (SSSR count). The van der Waals surface area contributed by atoms with E-state index in [2.05, 4.69) is 13.8 Å². The summed E-state index contributed by atoms with van der Waals surface area (Å²) in [6.07, 6.45) is 2.61. The van der Waals surface area contributed by atoms with Crippen molar-refractivity contribution in [3.8, 4) is 0 Å². The van der Waals surface area contributed by atoms with Crippen molar-refractivity contribution in [3.63, 3.8) is 0 Å². The lowest BCUT2D eigenvalue weighted by Crippen LogP contribution is -1.75. The largest absolute Gasteiger partial charge is 0.0840 e. The van der Waals surface area contributed by atoms with Crippen LogP contribution in [0.25, 0.3) is 0 Å². The molecule has 0 saturated heterocycles. The molecule has 6 heavy (non-hydrogen) atoms. The van der Waals surface area contributed by atoms with Crippen LogP contribution in [-0.2, 0) is 0 Å². The van der Waals surface area contributed by atoms with Crippen LogP contribution in [0.1, 0.15) is 20.3 Å². The molecule has 0 bridgehead atoms. The highest BCUT2D eigenvalue weighted by atomic mass is 13.9. The van der Waals surface area contributed by atoms with E-state index in [1.54, 1.807) is 6.08 Å². The molecule has 0 unspecified atom stereocenters. The third-order valence-corrected chi connectivity index (χ3v) is 0.526. The second-order valence-electron chi connectivity index (χ2n) is 1.65. The second kappa shape index (κ2) is 2.95. The Hall–Kier alpha value is -0.260. The summed E-state index contributed by atoms with van der Waals surface area (Å²) in [7, 11) is 0. The molecule has 2 radical (unpaired) electrons. The van der Waals surface area contributed by atoms with Crippen LogP contribution < -0.4 is 0 Å². The summed E-state index contributed by atoms with van der Waals surface area (Å²) >= 11 is 0. The quantitative estimate of drug-likeness (QED) is 0.478. The summed E-state index contributed by atoms with van der Waals surface area (Å²) in [5, 5.41) is 0. The Morgan fingerprint density at radius 3 is 2.17 bits per heavy atom. The molecule has 0 aliphatic carbocycles. The Kier molecular flexibility index (Phi) is 2.82. The van der Waals surface area contributed by atoms with E-state index in [1.807, 2.05) is 0 Å². The van der Waals surface area contributed by atoms with Gasteiger partial charge in [0, 0.05) is 0 Å². The Morgan fingerprint density at radius 1 is 1.67 bits per heavy atom. The van der Waals surface area contributed by atoms with Gasteiger partial charge in [0.15, 0.2) is 0 Å². The molecule has 0 nitrogen and oxygen atoms in total. The zero-order valence-electron chi connectivity index (χ0n) is 4.36. The maximum Gasteiger partial charge on any atom is -0.0265 e. The normalized spacial score (nSPS) is 9.17. The van der Waals surface area contributed by atoms with Crippen LogP contribution in [0.4, 0.5) is 0 Å². The van der Waals surface area contributed by atoms with Crippen LogP contribution in [0, 0.1) is 12.5 Å². The molecule has 0 atom stereocenters. The van der Waals surface area contributed by atoms with Gasteiger partial charge in [0.2, 0.25) is 0 Å². The van der Waals surface area contributed by atoms with Crippen molar-refractivity contribution >= 4 is 0 Å². The van der Waals surface area contributed by atoms with Crippen LogP contribution in [0.3, 0.4) is 0 Å². The van der Waals surface area contributed by atoms with Crippen molar-refractivity contribution in [2.24, 2.45) is 0 Å². The fourth-order valence-corrected chi connectivity index (χ4v) is 0.236. The predicted octanol–water partition coefficient (Wildman–Crippen LogP) is 1.98. The molecule has 0 heteroatoms. The molecule has 34 valence electrons. The van der Waals surface area contributed by atoms with Gasteiger partial charge in [-0.05, 0) is 12.3 Å². The van der Waals surface area contributed by atoms with Gasteiger partial charge in [-0.25, -0.2) is 0 Å². The molecule has 0 aliphatic heterocycles. The molecule has 0 aromatic heterocycles. The van der Waals surface area contributed by atoms with E-state index in [1.165, 1.54) is 5.92 Å². The van der Waals surface area contributed by atoms with E-state index in [9.17, 15) is 0 Å². The van der Waals surface area contributed by atoms with Crippen molar-refractivity contribution in [1.82, 2.24) is 0 Å². The van der Waals surface area contributed by atoms with Gasteiger partial charge in [0.25, 0.3) is 0 Å². The number of allylic oxidation sites excluding steroid dienone is 1. The standard InChI is InChI=1S/C6H10/c1-4-5-6(2)3/h1,4H,5H2,2-3H3. The zero-order chi connectivity index (χ0) is 4.99. The maximum atomic E-state index is 5.08. The molecule has 0 fully saturated rings. The molecule has 0 aliphatic rings. The fourth-order valence-electron chi connectivity index (χ4n) is 0.236.